The lowest BCUT2D eigenvalue weighted by Crippen LogP contribution is -2.54. The highest BCUT2D eigenvalue weighted by Crippen LogP contribution is 2.23. The average molecular weight is 284 g/mol. The fraction of sp³-hybridized carbons (Fsp3) is 0.375. The zero-order chi connectivity index (χ0) is 14.7. The largest absolute Gasteiger partial charge is 0.360 e. The molecule has 2 heterocycles. The molecular formula is C16H20N4O. The van der Waals surface area contributed by atoms with Crippen molar-refractivity contribution in [1.82, 2.24) is 10.2 Å². The minimum atomic E-state index is 0.0163. The van der Waals surface area contributed by atoms with Crippen molar-refractivity contribution in [2.45, 2.75) is 13.2 Å². The quantitative estimate of drug-likeness (QED) is 0.863. The molecule has 5 heteroatoms. The Morgan fingerprint density at radius 1 is 1.19 bits per heavy atom. The molecule has 2 aromatic rings. The third-order valence-electron chi connectivity index (χ3n) is 3.82. The maximum absolute atomic E-state index is 5.69. The highest BCUT2D eigenvalue weighted by atomic mass is 16.5. The van der Waals surface area contributed by atoms with Gasteiger partial charge in [0.1, 0.15) is 6.23 Å². The fourth-order valence-electron chi connectivity index (χ4n) is 2.72. The number of ether oxygens (including phenoxy) is 1. The lowest BCUT2D eigenvalue weighted by molar-refractivity contribution is 0.0957. The molecule has 1 aromatic heterocycles. The molecule has 0 saturated carbocycles. The van der Waals surface area contributed by atoms with Crippen LogP contribution >= 0.6 is 0 Å². The molecule has 1 aliphatic rings. The summed E-state index contributed by atoms with van der Waals surface area (Å²) in [7, 11) is 1.76. The third kappa shape index (κ3) is 2.97. The van der Waals surface area contributed by atoms with Gasteiger partial charge in [-0.25, -0.2) is 0 Å². The van der Waals surface area contributed by atoms with Crippen molar-refractivity contribution < 1.29 is 4.74 Å². The Morgan fingerprint density at radius 2 is 2.10 bits per heavy atom. The molecule has 1 atom stereocenters. The van der Waals surface area contributed by atoms with E-state index in [4.69, 9.17) is 4.74 Å². The first-order valence-corrected chi connectivity index (χ1v) is 7.16. The van der Waals surface area contributed by atoms with E-state index in [1.54, 1.807) is 13.3 Å². The lowest BCUT2D eigenvalue weighted by atomic mass is 10.2. The first-order chi connectivity index (χ1) is 10.3. The predicted octanol–water partition coefficient (Wildman–Crippen LogP) is 2.08. The van der Waals surface area contributed by atoms with Crippen molar-refractivity contribution in [2.75, 3.05) is 36.5 Å². The number of hydrogen-bond acceptors (Lipinski definition) is 5. The minimum Gasteiger partial charge on any atom is -0.360 e. The summed E-state index contributed by atoms with van der Waals surface area (Å²) in [5.41, 5.74) is 2.47. The molecule has 3 rings (SSSR count). The molecule has 1 saturated heterocycles. The van der Waals surface area contributed by atoms with Crippen molar-refractivity contribution >= 4 is 11.5 Å². The van der Waals surface area contributed by atoms with Crippen LogP contribution in [0.2, 0.25) is 0 Å². The van der Waals surface area contributed by atoms with Crippen LogP contribution in [-0.4, -0.2) is 43.2 Å². The van der Waals surface area contributed by atoms with Gasteiger partial charge in [-0.1, -0.05) is 12.1 Å². The summed E-state index contributed by atoms with van der Waals surface area (Å²) in [5, 5.41) is 8.14. The van der Waals surface area contributed by atoms with E-state index < -0.39 is 0 Å². The van der Waals surface area contributed by atoms with E-state index in [9.17, 15) is 0 Å². The summed E-state index contributed by atoms with van der Waals surface area (Å²) >= 11 is 0. The molecule has 1 unspecified atom stereocenters. The molecule has 21 heavy (non-hydrogen) atoms. The number of rotatable bonds is 3. The first-order valence-electron chi connectivity index (χ1n) is 7.16. The zero-order valence-corrected chi connectivity index (χ0v) is 12.4. The number of aromatic nitrogens is 2. The molecule has 0 spiro atoms. The minimum absolute atomic E-state index is 0.0163. The Balaban J connectivity index is 1.78. The lowest BCUT2D eigenvalue weighted by Gasteiger charge is -2.42. The first kappa shape index (κ1) is 13.8. The van der Waals surface area contributed by atoms with E-state index in [1.807, 2.05) is 12.1 Å². The summed E-state index contributed by atoms with van der Waals surface area (Å²) in [6, 6.07) is 12.4. The van der Waals surface area contributed by atoms with E-state index in [2.05, 4.69) is 51.2 Å². The van der Waals surface area contributed by atoms with Crippen molar-refractivity contribution in [2.24, 2.45) is 0 Å². The maximum Gasteiger partial charge on any atom is 0.151 e. The van der Waals surface area contributed by atoms with Crippen molar-refractivity contribution in [3.8, 4) is 0 Å². The van der Waals surface area contributed by atoms with Crippen LogP contribution in [0.4, 0.5) is 11.5 Å². The normalized spacial score (nSPS) is 18.9. The van der Waals surface area contributed by atoms with Crippen LogP contribution in [0.3, 0.4) is 0 Å². The van der Waals surface area contributed by atoms with Crippen LogP contribution in [0, 0.1) is 6.92 Å². The van der Waals surface area contributed by atoms with Crippen LogP contribution in [0.25, 0.3) is 0 Å². The third-order valence-corrected chi connectivity index (χ3v) is 3.82. The second-order valence-corrected chi connectivity index (χ2v) is 5.25. The number of nitrogens with zero attached hydrogens (tertiary/aromatic N) is 4. The molecule has 0 N–H and O–H groups in total. The van der Waals surface area contributed by atoms with Gasteiger partial charge >= 0.3 is 0 Å². The highest BCUT2D eigenvalue weighted by Gasteiger charge is 2.27. The van der Waals surface area contributed by atoms with Gasteiger partial charge in [0.05, 0.1) is 6.54 Å². The summed E-state index contributed by atoms with van der Waals surface area (Å²) in [6.07, 6.45) is 1.71. The topological polar surface area (TPSA) is 41.5 Å². The second-order valence-electron chi connectivity index (χ2n) is 5.25. The Hall–Kier alpha value is -2.14. The van der Waals surface area contributed by atoms with Gasteiger partial charge in [-0.3, -0.25) is 0 Å². The van der Waals surface area contributed by atoms with E-state index in [-0.39, 0.29) is 6.23 Å². The standard InChI is InChI=1S/C16H20N4O/c1-13-5-3-6-14(11-13)20-10-9-19(12-16(20)21-2)15-7-4-8-17-18-15/h3-8,11,16H,9-10,12H2,1-2H3. The molecule has 1 aliphatic heterocycles. The molecule has 110 valence electrons. The molecule has 5 nitrogen and oxygen atoms in total. The average Bonchev–Trinajstić information content (AvgIpc) is 2.55. The Labute approximate surface area is 125 Å². The van der Waals surface area contributed by atoms with Gasteiger partial charge in [0.15, 0.2) is 5.82 Å². The number of aryl methyl sites for hydroxylation is 1. The number of benzene rings is 1. The SMILES string of the molecule is COC1CN(c2cccnn2)CCN1c1cccc(C)c1. The molecule has 0 aliphatic carbocycles. The predicted molar refractivity (Wildman–Crippen MR) is 83.6 cm³/mol. The molecule has 1 aromatic carbocycles. The summed E-state index contributed by atoms with van der Waals surface area (Å²) in [5.74, 6) is 0.906. The second kappa shape index (κ2) is 6.10. The smallest absolute Gasteiger partial charge is 0.151 e. The Kier molecular flexibility index (Phi) is 4.01. The van der Waals surface area contributed by atoms with Gasteiger partial charge in [-0.05, 0) is 36.8 Å². The van der Waals surface area contributed by atoms with E-state index >= 15 is 0 Å². The van der Waals surface area contributed by atoms with E-state index in [0.29, 0.717) is 0 Å². The van der Waals surface area contributed by atoms with Crippen LogP contribution in [0.15, 0.2) is 42.6 Å². The van der Waals surface area contributed by atoms with Crippen molar-refractivity contribution in [3.05, 3.63) is 48.2 Å². The fourth-order valence-corrected chi connectivity index (χ4v) is 2.72. The highest BCUT2D eigenvalue weighted by molar-refractivity contribution is 5.51. The van der Waals surface area contributed by atoms with E-state index in [1.165, 1.54) is 11.3 Å². The van der Waals surface area contributed by atoms with Gasteiger partial charge in [-0.2, -0.15) is 5.10 Å². The Morgan fingerprint density at radius 3 is 2.81 bits per heavy atom. The van der Waals surface area contributed by atoms with Crippen molar-refractivity contribution in [3.63, 3.8) is 0 Å². The number of methoxy groups -OCH3 is 1. The summed E-state index contributed by atoms with van der Waals surface area (Å²) in [4.78, 5) is 4.52. The van der Waals surface area contributed by atoms with Gasteiger partial charge in [0, 0.05) is 32.1 Å². The number of hydrogen-bond donors (Lipinski definition) is 0. The molecule has 0 radical (unpaired) electrons. The van der Waals surface area contributed by atoms with Crippen LogP contribution in [-0.2, 0) is 4.74 Å². The van der Waals surface area contributed by atoms with Gasteiger partial charge in [0.2, 0.25) is 0 Å². The maximum atomic E-state index is 5.69. The van der Waals surface area contributed by atoms with Gasteiger partial charge in [-0.15, -0.1) is 5.10 Å². The molecular weight excluding hydrogens is 264 g/mol. The van der Waals surface area contributed by atoms with Gasteiger partial charge < -0.3 is 14.5 Å². The number of anilines is 2. The molecule has 0 amide bonds. The monoisotopic (exact) mass is 284 g/mol. The van der Waals surface area contributed by atoms with Crippen LogP contribution < -0.4 is 9.80 Å². The Bertz CT molecular complexity index is 590. The van der Waals surface area contributed by atoms with Crippen molar-refractivity contribution in [1.29, 1.82) is 0 Å². The van der Waals surface area contributed by atoms with Crippen LogP contribution in [0.5, 0.6) is 0 Å². The summed E-state index contributed by atoms with van der Waals surface area (Å²) in [6.45, 7) is 4.70. The van der Waals surface area contributed by atoms with Gasteiger partial charge in [0.25, 0.3) is 0 Å². The zero-order valence-electron chi connectivity index (χ0n) is 12.4. The molecule has 0 bridgehead atoms. The molecule has 1 fully saturated rings. The summed E-state index contributed by atoms with van der Waals surface area (Å²) < 4.78 is 5.69. The number of piperazine rings is 1. The van der Waals surface area contributed by atoms with Crippen LogP contribution in [0.1, 0.15) is 5.56 Å². The van der Waals surface area contributed by atoms with E-state index in [0.717, 1.165) is 25.5 Å².